The first-order valence-corrected chi connectivity index (χ1v) is 9.65. The number of aliphatic hydroxyl groups is 1. The number of aliphatic hydroxyl groups excluding tert-OH is 1. The van der Waals surface area contributed by atoms with Gasteiger partial charge in [-0.3, -0.25) is 9.69 Å². The van der Waals surface area contributed by atoms with E-state index in [1.807, 2.05) is 0 Å². The minimum absolute atomic E-state index is 0.0837. The van der Waals surface area contributed by atoms with Gasteiger partial charge in [-0.15, -0.1) is 0 Å². The van der Waals surface area contributed by atoms with Crippen molar-refractivity contribution in [2.24, 2.45) is 0 Å². The van der Waals surface area contributed by atoms with E-state index >= 15 is 0 Å². The molecule has 0 aliphatic heterocycles. The van der Waals surface area contributed by atoms with Crippen LogP contribution >= 0.6 is 0 Å². The second-order valence-electron chi connectivity index (χ2n) is 6.59. The van der Waals surface area contributed by atoms with Gasteiger partial charge in [-0.25, -0.2) is 0 Å². The van der Waals surface area contributed by atoms with Crippen molar-refractivity contribution in [1.29, 1.82) is 0 Å². The summed E-state index contributed by atoms with van der Waals surface area (Å²) in [6, 6.07) is 0. The highest BCUT2D eigenvalue weighted by Crippen LogP contribution is 2.11. The number of ketones is 1. The highest BCUT2D eigenvalue weighted by atomic mass is 16.4. The predicted octanol–water partition coefficient (Wildman–Crippen LogP) is 2.30. The van der Waals surface area contributed by atoms with Crippen LogP contribution in [0.4, 0.5) is 0 Å². The lowest BCUT2D eigenvalue weighted by Gasteiger charge is -2.21. The zero-order chi connectivity index (χ0) is 18.0. The van der Waals surface area contributed by atoms with E-state index in [4.69, 9.17) is 5.11 Å². The third-order valence-electron chi connectivity index (χ3n) is 4.26. The zero-order valence-corrected chi connectivity index (χ0v) is 15.4. The summed E-state index contributed by atoms with van der Waals surface area (Å²) in [7, 11) is 0. The second kappa shape index (κ2) is 16.9. The monoisotopic (exact) mass is 342 g/mol. The average molecular weight is 343 g/mol. The molecule has 0 aromatic heterocycles. The molecular formula is C19H36NO4-. The SMILES string of the molecule is CCCCCCCCCCCC(=O)CCCN(CCO)CC(=O)[O-]. The number of rotatable bonds is 18. The number of nitrogens with zero attached hydrogens (tertiary/aromatic N) is 1. The number of hydrogen-bond acceptors (Lipinski definition) is 5. The lowest BCUT2D eigenvalue weighted by Crippen LogP contribution is -2.40. The molecule has 0 bridgehead atoms. The van der Waals surface area contributed by atoms with Gasteiger partial charge in [0, 0.05) is 25.9 Å². The molecule has 0 aromatic carbocycles. The van der Waals surface area contributed by atoms with Gasteiger partial charge >= 0.3 is 0 Å². The Balaban J connectivity index is 3.50. The number of aliphatic carboxylic acids is 1. The first-order chi connectivity index (χ1) is 11.6. The normalized spacial score (nSPS) is 11.1. The van der Waals surface area contributed by atoms with Crippen LogP contribution in [-0.2, 0) is 9.59 Å². The molecule has 0 heterocycles. The zero-order valence-electron chi connectivity index (χ0n) is 15.4. The van der Waals surface area contributed by atoms with E-state index in [9.17, 15) is 14.7 Å². The van der Waals surface area contributed by atoms with Crippen molar-refractivity contribution in [3.05, 3.63) is 0 Å². The van der Waals surface area contributed by atoms with Gasteiger partial charge < -0.3 is 15.0 Å². The van der Waals surface area contributed by atoms with Crippen molar-refractivity contribution in [3.8, 4) is 0 Å². The minimum atomic E-state index is -1.15. The Morgan fingerprint density at radius 3 is 1.92 bits per heavy atom. The molecule has 0 rings (SSSR count). The van der Waals surface area contributed by atoms with Gasteiger partial charge in [0.2, 0.25) is 0 Å². The van der Waals surface area contributed by atoms with Crippen LogP contribution in [0.15, 0.2) is 0 Å². The molecule has 5 nitrogen and oxygen atoms in total. The summed E-state index contributed by atoms with van der Waals surface area (Å²) in [5.74, 6) is -0.889. The van der Waals surface area contributed by atoms with Crippen molar-refractivity contribution in [1.82, 2.24) is 4.90 Å². The summed E-state index contributed by atoms with van der Waals surface area (Å²) in [6.45, 7) is 2.77. The summed E-state index contributed by atoms with van der Waals surface area (Å²) in [4.78, 5) is 24.0. The molecule has 0 radical (unpaired) electrons. The van der Waals surface area contributed by atoms with Gasteiger partial charge in [-0.05, 0) is 19.4 Å². The van der Waals surface area contributed by atoms with Crippen LogP contribution in [0, 0.1) is 0 Å². The first kappa shape index (κ1) is 23.1. The number of hydrogen-bond donors (Lipinski definition) is 1. The number of Topliss-reactive ketones (excluding diaryl/α,β-unsaturated/α-hetero) is 1. The number of unbranched alkanes of at least 4 members (excludes halogenated alkanes) is 8. The lowest BCUT2D eigenvalue weighted by atomic mass is 10.0. The van der Waals surface area contributed by atoms with Gasteiger partial charge in [0.15, 0.2) is 0 Å². The summed E-state index contributed by atoms with van der Waals surface area (Å²) >= 11 is 0. The highest BCUT2D eigenvalue weighted by molar-refractivity contribution is 5.78. The maximum absolute atomic E-state index is 11.8. The van der Waals surface area contributed by atoms with E-state index < -0.39 is 5.97 Å². The molecule has 0 aromatic rings. The van der Waals surface area contributed by atoms with Crippen LogP contribution in [0.2, 0.25) is 0 Å². The molecule has 0 unspecified atom stereocenters. The van der Waals surface area contributed by atoms with Crippen LogP contribution in [0.25, 0.3) is 0 Å². The van der Waals surface area contributed by atoms with Crippen molar-refractivity contribution >= 4 is 11.8 Å². The van der Waals surface area contributed by atoms with Crippen LogP contribution in [-0.4, -0.2) is 48.0 Å². The highest BCUT2D eigenvalue weighted by Gasteiger charge is 2.07. The average Bonchev–Trinajstić information content (AvgIpc) is 2.53. The maximum Gasteiger partial charge on any atom is 0.132 e. The Morgan fingerprint density at radius 1 is 0.833 bits per heavy atom. The van der Waals surface area contributed by atoms with Gasteiger partial charge in [0.1, 0.15) is 5.78 Å². The van der Waals surface area contributed by atoms with Gasteiger partial charge in [-0.1, -0.05) is 58.3 Å². The Morgan fingerprint density at radius 2 is 1.38 bits per heavy atom. The number of carboxylic acids is 1. The van der Waals surface area contributed by atoms with Gasteiger partial charge in [-0.2, -0.15) is 0 Å². The van der Waals surface area contributed by atoms with Crippen LogP contribution < -0.4 is 5.11 Å². The molecule has 142 valence electrons. The number of carboxylic acid groups (broad SMARTS) is 1. The fourth-order valence-corrected chi connectivity index (χ4v) is 2.85. The smallest absolute Gasteiger partial charge is 0.132 e. The number of carbonyl (C=O) groups is 2. The lowest BCUT2D eigenvalue weighted by molar-refractivity contribution is -0.306. The first-order valence-electron chi connectivity index (χ1n) is 9.65. The van der Waals surface area contributed by atoms with E-state index in [0.29, 0.717) is 32.4 Å². The summed E-state index contributed by atoms with van der Waals surface area (Å²) in [6.07, 6.45) is 13.0. The van der Waals surface area contributed by atoms with E-state index in [1.165, 1.54) is 44.9 Å². The Kier molecular flexibility index (Phi) is 16.2. The third kappa shape index (κ3) is 15.9. The van der Waals surface area contributed by atoms with Crippen LogP contribution in [0.1, 0.15) is 84.0 Å². The van der Waals surface area contributed by atoms with Gasteiger partial charge in [0.25, 0.3) is 0 Å². The molecule has 5 heteroatoms. The van der Waals surface area contributed by atoms with Crippen molar-refractivity contribution in [2.45, 2.75) is 84.0 Å². The second-order valence-corrected chi connectivity index (χ2v) is 6.59. The quantitative estimate of drug-likeness (QED) is 0.387. The van der Waals surface area contributed by atoms with E-state index in [0.717, 1.165) is 12.8 Å². The number of carbonyl (C=O) groups excluding carboxylic acids is 2. The minimum Gasteiger partial charge on any atom is -0.549 e. The molecule has 0 spiro atoms. The molecule has 0 aliphatic rings. The summed E-state index contributed by atoms with van der Waals surface area (Å²) in [5.41, 5.74) is 0. The van der Waals surface area contributed by atoms with Crippen molar-refractivity contribution in [3.63, 3.8) is 0 Å². The summed E-state index contributed by atoms with van der Waals surface area (Å²) < 4.78 is 0. The molecule has 0 saturated carbocycles. The van der Waals surface area contributed by atoms with E-state index in [1.54, 1.807) is 4.90 Å². The van der Waals surface area contributed by atoms with E-state index in [2.05, 4.69) is 6.92 Å². The molecule has 0 atom stereocenters. The standard InChI is InChI=1S/C19H37NO4/c1-2-3-4-5-6-7-8-9-10-12-18(22)13-11-14-20(15-16-21)17-19(23)24/h21H,2-17H2,1H3,(H,23,24)/p-1. The molecule has 0 amide bonds. The largest absolute Gasteiger partial charge is 0.549 e. The topological polar surface area (TPSA) is 80.7 Å². The van der Waals surface area contributed by atoms with Crippen LogP contribution in [0.3, 0.4) is 0 Å². The fraction of sp³-hybridized carbons (Fsp3) is 0.895. The Bertz CT molecular complexity index is 320. The summed E-state index contributed by atoms with van der Waals surface area (Å²) in [5, 5.41) is 19.5. The van der Waals surface area contributed by atoms with Crippen LogP contribution in [0.5, 0.6) is 0 Å². The van der Waals surface area contributed by atoms with Crippen molar-refractivity contribution in [2.75, 3.05) is 26.2 Å². The molecule has 1 N–H and O–H groups in total. The maximum atomic E-state index is 11.8. The molecular weight excluding hydrogens is 306 g/mol. The molecule has 0 fully saturated rings. The Hall–Kier alpha value is -0.940. The molecule has 0 aliphatic carbocycles. The molecule has 0 saturated heterocycles. The van der Waals surface area contributed by atoms with Gasteiger partial charge in [0.05, 0.1) is 12.6 Å². The van der Waals surface area contributed by atoms with E-state index in [-0.39, 0.29) is 18.9 Å². The van der Waals surface area contributed by atoms with Crippen molar-refractivity contribution < 1.29 is 19.8 Å². The fourth-order valence-electron chi connectivity index (χ4n) is 2.85. The third-order valence-corrected chi connectivity index (χ3v) is 4.26. The molecule has 24 heavy (non-hydrogen) atoms. The predicted molar refractivity (Wildman–Crippen MR) is 94.6 cm³/mol. The Labute approximate surface area is 147 Å².